The van der Waals surface area contributed by atoms with Crippen molar-refractivity contribution in [2.45, 2.75) is 19.4 Å². The minimum absolute atomic E-state index is 0.456. The topological polar surface area (TPSA) is 9.23 Å². The monoisotopic (exact) mass is 280 g/mol. The summed E-state index contributed by atoms with van der Waals surface area (Å²) in [4.78, 5) is 0. The molecule has 2 rings (SSSR count). The summed E-state index contributed by atoms with van der Waals surface area (Å²) in [6.07, 6.45) is 0. The Hall–Kier alpha value is -1.18. The van der Waals surface area contributed by atoms with Gasteiger partial charge in [-0.25, -0.2) is 0 Å². The maximum Gasteiger partial charge on any atom is 0.138 e. The molecule has 3 heteroatoms. The summed E-state index contributed by atoms with van der Waals surface area (Å²) in [7, 11) is 0. The third-order valence-corrected chi connectivity index (χ3v) is 3.40. The molecule has 0 heterocycles. The molecular formula is C15H14Cl2O. The smallest absolute Gasteiger partial charge is 0.138 e. The molecule has 18 heavy (non-hydrogen) atoms. The minimum Gasteiger partial charge on any atom is -0.487 e. The fraction of sp³-hybridized carbons (Fsp3) is 0.200. The normalized spacial score (nSPS) is 10.4. The van der Waals surface area contributed by atoms with Crippen molar-refractivity contribution in [3.63, 3.8) is 0 Å². The minimum atomic E-state index is 0.456. The van der Waals surface area contributed by atoms with Gasteiger partial charge in [-0.05, 0) is 35.7 Å². The Balaban J connectivity index is 2.09. The predicted octanol–water partition coefficient (Wildman–Crippen LogP) is 4.97. The molecule has 0 radical (unpaired) electrons. The molecule has 0 N–H and O–H groups in total. The highest BCUT2D eigenvalue weighted by molar-refractivity contribution is 6.32. The van der Waals surface area contributed by atoms with E-state index in [9.17, 15) is 0 Å². The van der Waals surface area contributed by atoms with E-state index in [4.69, 9.17) is 27.9 Å². The molecule has 0 amide bonds. The number of aryl methyl sites for hydroxylation is 1. The Morgan fingerprint density at radius 1 is 1.11 bits per heavy atom. The molecule has 0 aromatic heterocycles. The van der Waals surface area contributed by atoms with Gasteiger partial charge in [0.15, 0.2) is 0 Å². The maximum atomic E-state index is 6.13. The third kappa shape index (κ3) is 3.18. The van der Waals surface area contributed by atoms with Crippen molar-refractivity contribution in [3.8, 4) is 5.75 Å². The molecule has 0 atom stereocenters. The number of ether oxygens (including phenoxy) is 1. The van der Waals surface area contributed by atoms with E-state index in [2.05, 4.69) is 19.1 Å². The van der Waals surface area contributed by atoms with Crippen LogP contribution >= 0.6 is 23.2 Å². The van der Waals surface area contributed by atoms with Crippen molar-refractivity contribution >= 4 is 23.2 Å². The van der Waals surface area contributed by atoms with E-state index in [0.29, 0.717) is 23.3 Å². The Kier molecular flexibility index (Phi) is 4.51. The van der Waals surface area contributed by atoms with Gasteiger partial charge < -0.3 is 4.74 Å². The van der Waals surface area contributed by atoms with Crippen LogP contribution < -0.4 is 4.74 Å². The van der Waals surface area contributed by atoms with E-state index in [-0.39, 0.29) is 0 Å². The van der Waals surface area contributed by atoms with E-state index in [0.717, 1.165) is 11.1 Å². The predicted molar refractivity (Wildman–Crippen MR) is 76.5 cm³/mol. The van der Waals surface area contributed by atoms with Gasteiger partial charge in [0, 0.05) is 5.88 Å². The molecule has 94 valence electrons. The summed E-state index contributed by atoms with van der Waals surface area (Å²) < 4.78 is 5.73. The number of hydrogen-bond acceptors (Lipinski definition) is 1. The van der Waals surface area contributed by atoms with E-state index in [1.54, 1.807) is 0 Å². The largest absolute Gasteiger partial charge is 0.487 e. The molecule has 1 nitrogen and oxygen atoms in total. The van der Waals surface area contributed by atoms with Crippen molar-refractivity contribution in [3.05, 3.63) is 64.2 Å². The SMILES string of the molecule is Cc1ccccc1COc1ccc(CCl)cc1Cl. The lowest BCUT2D eigenvalue weighted by Gasteiger charge is -2.10. The van der Waals surface area contributed by atoms with Gasteiger partial charge in [-0.3, -0.25) is 0 Å². The van der Waals surface area contributed by atoms with Gasteiger partial charge in [0.25, 0.3) is 0 Å². The second kappa shape index (κ2) is 6.12. The first-order chi connectivity index (χ1) is 8.70. The average Bonchev–Trinajstić information content (AvgIpc) is 2.39. The van der Waals surface area contributed by atoms with Crippen LogP contribution in [0.1, 0.15) is 16.7 Å². The van der Waals surface area contributed by atoms with Crippen LogP contribution in [0.5, 0.6) is 5.75 Å². The number of rotatable bonds is 4. The fourth-order valence-electron chi connectivity index (χ4n) is 1.67. The van der Waals surface area contributed by atoms with Gasteiger partial charge >= 0.3 is 0 Å². The molecule has 0 aliphatic carbocycles. The van der Waals surface area contributed by atoms with E-state index < -0.39 is 0 Å². The second-order valence-electron chi connectivity index (χ2n) is 4.11. The summed E-state index contributed by atoms with van der Waals surface area (Å²) in [5, 5.41) is 0.599. The zero-order valence-corrected chi connectivity index (χ0v) is 11.6. The molecule has 2 aromatic carbocycles. The van der Waals surface area contributed by atoms with E-state index >= 15 is 0 Å². The van der Waals surface area contributed by atoms with Crippen molar-refractivity contribution in [1.29, 1.82) is 0 Å². The summed E-state index contributed by atoms with van der Waals surface area (Å²) in [6.45, 7) is 2.59. The highest BCUT2D eigenvalue weighted by Gasteiger charge is 2.04. The average molecular weight is 281 g/mol. The lowest BCUT2D eigenvalue weighted by atomic mass is 10.1. The number of hydrogen-bond donors (Lipinski definition) is 0. The van der Waals surface area contributed by atoms with Crippen molar-refractivity contribution < 1.29 is 4.74 Å². The van der Waals surface area contributed by atoms with Gasteiger partial charge in [0.05, 0.1) is 5.02 Å². The first-order valence-corrected chi connectivity index (χ1v) is 6.63. The van der Waals surface area contributed by atoms with Gasteiger partial charge in [-0.1, -0.05) is 41.9 Å². The standard InChI is InChI=1S/C15H14Cl2O/c1-11-4-2-3-5-13(11)10-18-15-7-6-12(9-16)8-14(15)17/h2-8H,9-10H2,1H3. The summed E-state index contributed by atoms with van der Waals surface area (Å²) in [5.74, 6) is 1.14. The highest BCUT2D eigenvalue weighted by atomic mass is 35.5. The van der Waals surface area contributed by atoms with Crippen molar-refractivity contribution in [2.24, 2.45) is 0 Å². The summed E-state index contributed by atoms with van der Waals surface area (Å²) in [6, 6.07) is 13.8. The van der Waals surface area contributed by atoms with Gasteiger partial charge in [-0.2, -0.15) is 0 Å². The molecule has 2 aromatic rings. The van der Waals surface area contributed by atoms with Crippen LogP contribution in [0, 0.1) is 6.92 Å². The molecule has 0 fully saturated rings. The van der Waals surface area contributed by atoms with Gasteiger partial charge in [-0.15, -0.1) is 11.6 Å². The Morgan fingerprint density at radius 2 is 1.89 bits per heavy atom. The molecule has 0 unspecified atom stereocenters. The highest BCUT2D eigenvalue weighted by Crippen LogP contribution is 2.27. The number of halogens is 2. The first kappa shape index (κ1) is 13.3. The summed E-state index contributed by atoms with van der Waals surface area (Å²) in [5.41, 5.74) is 3.37. The second-order valence-corrected chi connectivity index (χ2v) is 4.79. The Labute approximate surface area is 117 Å². The fourth-order valence-corrected chi connectivity index (χ4v) is 2.10. The maximum absolute atomic E-state index is 6.13. The van der Waals surface area contributed by atoms with E-state index in [1.165, 1.54) is 5.56 Å². The lowest BCUT2D eigenvalue weighted by molar-refractivity contribution is 0.305. The quantitative estimate of drug-likeness (QED) is 0.719. The van der Waals surface area contributed by atoms with Gasteiger partial charge in [0.1, 0.15) is 12.4 Å². The van der Waals surface area contributed by atoms with E-state index in [1.807, 2.05) is 30.3 Å². The molecular weight excluding hydrogens is 267 g/mol. The van der Waals surface area contributed by atoms with Gasteiger partial charge in [0.2, 0.25) is 0 Å². The van der Waals surface area contributed by atoms with Crippen LogP contribution in [0.2, 0.25) is 5.02 Å². The zero-order chi connectivity index (χ0) is 13.0. The number of benzene rings is 2. The zero-order valence-electron chi connectivity index (χ0n) is 10.1. The molecule has 0 aliphatic heterocycles. The third-order valence-electron chi connectivity index (χ3n) is 2.80. The molecule has 0 spiro atoms. The van der Waals surface area contributed by atoms with Crippen LogP contribution in [-0.2, 0) is 12.5 Å². The number of alkyl halides is 1. The van der Waals surface area contributed by atoms with Crippen LogP contribution in [-0.4, -0.2) is 0 Å². The van der Waals surface area contributed by atoms with Crippen molar-refractivity contribution in [1.82, 2.24) is 0 Å². The van der Waals surface area contributed by atoms with Crippen LogP contribution in [0.25, 0.3) is 0 Å². The molecule has 0 saturated carbocycles. The lowest BCUT2D eigenvalue weighted by Crippen LogP contribution is -1.98. The van der Waals surface area contributed by atoms with Crippen LogP contribution in [0.15, 0.2) is 42.5 Å². The Morgan fingerprint density at radius 3 is 2.56 bits per heavy atom. The van der Waals surface area contributed by atoms with Crippen molar-refractivity contribution in [2.75, 3.05) is 0 Å². The molecule has 0 saturated heterocycles. The Bertz CT molecular complexity index is 538. The molecule has 0 bridgehead atoms. The first-order valence-electron chi connectivity index (χ1n) is 5.72. The van der Waals surface area contributed by atoms with Crippen LogP contribution in [0.3, 0.4) is 0 Å². The molecule has 0 aliphatic rings. The van der Waals surface area contributed by atoms with Crippen LogP contribution in [0.4, 0.5) is 0 Å². The summed E-state index contributed by atoms with van der Waals surface area (Å²) >= 11 is 11.9.